The van der Waals surface area contributed by atoms with E-state index in [4.69, 9.17) is 0 Å². The average Bonchev–Trinajstić information content (AvgIpc) is 2.86. The van der Waals surface area contributed by atoms with Gasteiger partial charge in [-0.25, -0.2) is 0 Å². The van der Waals surface area contributed by atoms with Gasteiger partial charge in [0.1, 0.15) is 11.5 Å². The average molecular weight is 321 g/mol. The maximum absolute atomic E-state index is 10.4. The van der Waals surface area contributed by atoms with Crippen LogP contribution in [0.15, 0.2) is 77.3 Å². The van der Waals surface area contributed by atoms with E-state index < -0.39 is 0 Å². The van der Waals surface area contributed by atoms with Crippen LogP contribution in [0, 0.1) is 5.92 Å². The zero-order valence-electron chi connectivity index (χ0n) is 13.7. The highest BCUT2D eigenvalue weighted by Gasteiger charge is 2.40. The topological polar surface area (TPSA) is 52.5 Å². The van der Waals surface area contributed by atoms with Gasteiger partial charge in [-0.2, -0.15) is 0 Å². The zero-order valence-corrected chi connectivity index (χ0v) is 13.7. The van der Waals surface area contributed by atoms with Crippen LogP contribution in [0.25, 0.3) is 0 Å². The molecule has 0 radical (unpaired) electrons. The van der Waals surface area contributed by atoms with Gasteiger partial charge < -0.3 is 15.5 Å². The predicted molar refractivity (Wildman–Crippen MR) is 95.7 cm³/mol. The summed E-state index contributed by atoms with van der Waals surface area (Å²) in [5, 5.41) is 24.5. The molecule has 4 rings (SSSR count). The van der Waals surface area contributed by atoms with Gasteiger partial charge in [0, 0.05) is 12.5 Å². The number of allylic oxidation sites excluding steroid dienone is 2. The first-order valence-electron chi connectivity index (χ1n) is 8.68. The lowest BCUT2D eigenvalue weighted by molar-refractivity contribution is 0.321. The fraction of sp³-hybridized carbons (Fsp3) is 0.333. The summed E-state index contributed by atoms with van der Waals surface area (Å²) < 4.78 is 0. The molecule has 0 fully saturated rings. The van der Waals surface area contributed by atoms with Crippen molar-refractivity contribution in [2.75, 3.05) is 0 Å². The van der Waals surface area contributed by atoms with Gasteiger partial charge in [0.05, 0.1) is 11.6 Å². The van der Waals surface area contributed by atoms with Gasteiger partial charge in [0.2, 0.25) is 0 Å². The van der Waals surface area contributed by atoms with Crippen LogP contribution in [-0.4, -0.2) is 16.3 Å². The molecule has 3 N–H and O–H groups in total. The number of benzene rings is 1. The maximum Gasteiger partial charge on any atom is 0.126 e. The van der Waals surface area contributed by atoms with E-state index in [0.29, 0.717) is 29.7 Å². The zero-order chi connectivity index (χ0) is 16.7. The molecule has 0 saturated heterocycles. The Labute approximate surface area is 142 Å². The van der Waals surface area contributed by atoms with E-state index in [0.717, 1.165) is 30.4 Å². The van der Waals surface area contributed by atoms with Gasteiger partial charge in [-0.3, -0.25) is 0 Å². The molecular weight excluding hydrogens is 298 g/mol. The summed E-state index contributed by atoms with van der Waals surface area (Å²) in [7, 11) is 0. The van der Waals surface area contributed by atoms with Gasteiger partial charge >= 0.3 is 0 Å². The van der Waals surface area contributed by atoms with Crippen molar-refractivity contribution < 1.29 is 10.2 Å². The largest absolute Gasteiger partial charge is 0.512 e. The second-order valence-electron chi connectivity index (χ2n) is 6.92. The third kappa shape index (κ3) is 2.40. The summed E-state index contributed by atoms with van der Waals surface area (Å²) in [5.74, 6) is 0.920. The lowest BCUT2D eigenvalue weighted by atomic mass is 9.78. The van der Waals surface area contributed by atoms with Crippen LogP contribution in [0.3, 0.4) is 0 Å². The smallest absolute Gasteiger partial charge is 0.126 e. The minimum Gasteiger partial charge on any atom is -0.512 e. The SMILES string of the molecule is C=CC[C@H]1CC2CCC(O)=C3C(O)=CC(=C32)[C@@H](c2ccccc2)N1. The van der Waals surface area contributed by atoms with Crippen molar-refractivity contribution >= 4 is 0 Å². The maximum atomic E-state index is 10.4. The number of aliphatic hydroxyl groups excluding tert-OH is 2. The Bertz CT molecular complexity index is 757. The highest BCUT2D eigenvalue weighted by molar-refractivity contribution is 5.62. The molecule has 24 heavy (non-hydrogen) atoms. The lowest BCUT2D eigenvalue weighted by Crippen LogP contribution is -2.33. The summed E-state index contributed by atoms with van der Waals surface area (Å²) in [4.78, 5) is 0. The monoisotopic (exact) mass is 321 g/mol. The molecule has 1 heterocycles. The Kier molecular flexibility index (Phi) is 3.81. The van der Waals surface area contributed by atoms with Crippen LogP contribution in [0.2, 0.25) is 0 Å². The van der Waals surface area contributed by atoms with E-state index in [-0.39, 0.29) is 11.8 Å². The number of hydrogen-bond acceptors (Lipinski definition) is 3. The fourth-order valence-electron chi connectivity index (χ4n) is 4.40. The predicted octanol–water partition coefficient (Wildman–Crippen LogP) is 4.64. The second kappa shape index (κ2) is 5.99. The van der Waals surface area contributed by atoms with E-state index in [9.17, 15) is 10.2 Å². The molecule has 3 atom stereocenters. The molecule has 1 unspecified atom stereocenters. The molecule has 0 saturated carbocycles. The van der Waals surface area contributed by atoms with Crippen molar-refractivity contribution in [3.63, 3.8) is 0 Å². The highest BCUT2D eigenvalue weighted by Crippen LogP contribution is 2.49. The van der Waals surface area contributed by atoms with Crippen molar-refractivity contribution in [3.8, 4) is 0 Å². The summed E-state index contributed by atoms with van der Waals surface area (Å²) >= 11 is 0. The molecule has 3 heteroatoms. The van der Waals surface area contributed by atoms with E-state index in [1.165, 1.54) is 5.56 Å². The molecule has 0 amide bonds. The number of rotatable bonds is 3. The molecule has 2 aliphatic carbocycles. The van der Waals surface area contributed by atoms with Crippen molar-refractivity contribution in [2.24, 2.45) is 5.92 Å². The molecular formula is C21H23NO2. The Hall–Kier alpha value is -2.26. The van der Waals surface area contributed by atoms with Gasteiger partial charge in [-0.1, -0.05) is 36.4 Å². The Balaban J connectivity index is 1.86. The quantitative estimate of drug-likeness (QED) is 0.711. The van der Waals surface area contributed by atoms with Gasteiger partial charge in [-0.15, -0.1) is 6.58 Å². The first-order chi connectivity index (χ1) is 11.7. The highest BCUT2D eigenvalue weighted by atomic mass is 16.3. The summed E-state index contributed by atoms with van der Waals surface area (Å²) in [6, 6.07) is 10.7. The van der Waals surface area contributed by atoms with Crippen molar-refractivity contribution in [1.29, 1.82) is 0 Å². The third-order valence-electron chi connectivity index (χ3n) is 5.42. The Morgan fingerprint density at radius 3 is 2.75 bits per heavy atom. The Morgan fingerprint density at radius 1 is 1.21 bits per heavy atom. The van der Waals surface area contributed by atoms with E-state index in [1.807, 2.05) is 30.4 Å². The summed E-state index contributed by atoms with van der Waals surface area (Å²) in [6.45, 7) is 3.90. The van der Waals surface area contributed by atoms with Crippen LogP contribution < -0.4 is 5.32 Å². The van der Waals surface area contributed by atoms with Crippen molar-refractivity contribution in [1.82, 2.24) is 5.32 Å². The second-order valence-corrected chi connectivity index (χ2v) is 6.92. The van der Waals surface area contributed by atoms with E-state index in [1.54, 1.807) is 0 Å². The first kappa shape index (κ1) is 15.3. The van der Waals surface area contributed by atoms with Crippen LogP contribution in [0.4, 0.5) is 0 Å². The van der Waals surface area contributed by atoms with Crippen molar-refractivity contribution in [2.45, 2.75) is 37.8 Å². The lowest BCUT2D eigenvalue weighted by Gasteiger charge is -2.27. The minimum atomic E-state index is 0.0294. The molecule has 3 aliphatic rings. The van der Waals surface area contributed by atoms with Crippen molar-refractivity contribution in [3.05, 3.63) is 82.9 Å². The van der Waals surface area contributed by atoms with Crippen LogP contribution >= 0.6 is 0 Å². The summed E-state index contributed by atoms with van der Waals surface area (Å²) in [5.41, 5.74) is 4.12. The third-order valence-corrected chi connectivity index (χ3v) is 5.42. The van der Waals surface area contributed by atoms with Gasteiger partial charge in [-0.05, 0) is 48.0 Å². The van der Waals surface area contributed by atoms with Gasteiger partial charge in [0.15, 0.2) is 0 Å². The van der Waals surface area contributed by atoms with Gasteiger partial charge in [0.25, 0.3) is 0 Å². The summed E-state index contributed by atoms with van der Waals surface area (Å²) in [6.07, 6.45) is 7.32. The molecule has 0 aromatic heterocycles. The first-order valence-corrected chi connectivity index (χ1v) is 8.68. The number of hydrogen-bond donors (Lipinski definition) is 3. The van der Waals surface area contributed by atoms with E-state index in [2.05, 4.69) is 24.0 Å². The molecule has 1 aliphatic heterocycles. The van der Waals surface area contributed by atoms with Crippen LogP contribution in [0.5, 0.6) is 0 Å². The number of aliphatic hydroxyl groups is 2. The minimum absolute atomic E-state index is 0.0294. The fourth-order valence-corrected chi connectivity index (χ4v) is 4.40. The normalized spacial score (nSPS) is 29.2. The molecule has 3 nitrogen and oxygen atoms in total. The molecule has 0 spiro atoms. The van der Waals surface area contributed by atoms with Crippen LogP contribution in [0.1, 0.15) is 37.3 Å². The Morgan fingerprint density at radius 2 is 2.00 bits per heavy atom. The molecule has 0 bridgehead atoms. The van der Waals surface area contributed by atoms with Crippen LogP contribution in [-0.2, 0) is 0 Å². The standard InChI is InChI=1S/C21H23NO2/c1-2-6-15-11-14-9-10-17(23)20-18(24)12-16(19(14)20)21(22-15)13-7-4-3-5-8-13/h2-5,7-8,12,14-15,21-24H,1,6,9-11H2/t14?,15-,21+/m0/s1. The number of nitrogens with one attached hydrogen (secondary N) is 1. The molecule has 124 valence electrons. The molecule has 1 aromatic rings. The molecule has 1 aromatic carbocycles. The van der Waals surface area contributed by atoms with E-state index >= 15 is 0 Å².